The third-order valence-electron chi connectivity index (χ3n) is 4.37. The molecule has 0 N–H and O–H groups in total. The molecular formula is C17H18F3N3O. The van der Waals surface area contributed by atoms with E-state index in [1.54, 1.807) is 11.1 Å². The fourth-order valence-corrected chi connectivity index (χ4v) is 2.98. The highest BCUT2D eigenvalue weighted by Crippen LogP contribution is 2.29. The van der Waals surface area contributed by atoms with Gasteiger partial charge in [0.2, 0.25) is 0 Å². The van der Waals surface area contributed by atoms with Gasteiger partial charge in [-0.1, -0.05) is 0 Å². The first kappa shape index (κ1) is 16.5. The zero-order valence-corrected chi connectivity index (χ0v) is 13.0. The van der Waals surface area contributed by atoms with Crippen LogP contribution >= 0.6 is 0 Å². The van der Waals surface area contributed by atoms with Gasteiger partial charge >= 0.3 is 6.18 Å². The smallest absolute Gasteiger partial charge is 0.339 e. The zero-order chi connectivity index (χ0) is 17.2. The molecule has 2 heterocycles. The van der Waals surface area contributed by atoms with Crippen molar-refractivity contribution in [2.45, 2.75) is 25.6 Å². The number of aromatic nitrogens is 2. The number of carbonyl (C=O) groups excluding carboxylic acids is 1. The number of amides is 1. The number of hydrogen-bond acceptors (Lipinski definition) is 2. The lowest BCUT2D eigenvalue weighted by Gasteiger charge is -2.32. The number of hydrogen-bond donors (Lipinski definition) is 0. The second kappa shape index (κ2) is 6.67. The van der Waals surface area contributed by atoms with Crippen LogP contribution in [-0.4, -0.2) is 33.7 Å². The van der Waals surface area contributed by atoms with Gasteiger partial charge in [-0.3, -0.25) is 9.48 Å². The second-order valence-electron chi connectivity index (χ2n) is 6.04. The van der Waals surface area contributed by atoms with Crippen LogP contribution in [0.3, 0.4) is 0 Å². The summed E-state index contributed by atoms with van der Waals surface area (Å²) in [4.78, 5) is 14.1. The molecule has 0 radical (unpaired) electrons. The van der Waals surface area contributed by atoms with E-state index in [0.29, 0.717) is 24.6 Å². The largest absolute Gasteiger partial charge is 0.416 e. The molecule has 0 bridgehead atoms. The molecule has 1 aromatic heterocycles. The summed E-state index contributed by atoms with van der Waals surface area (Å²) < 4.78 is 39.6. The average Bonchev–Trinajstić information content (AvgIpc) is 3.07. The van der Waals surface area contributed by atoms with Crippen molar-refractivity contribution in [1.82, 2.24) is 14.7 Å². The number of carbonyl (C=O) groups is 1. The van der Waals surface area contributed by atoms with Gasteiger partial charge in [0.05, 0.1) is 5.56 Å². The third-order valence-corrected chi connectivity index (χ3v) is 4.37. The Morgan fingerprint density at radius 1 is 1.17 bits per heavy atom. The molecule has 1 aliphatic rings. The summed E-state index contributed by atoms with van der Waals surface area (Å²) in [5.41, 5.74) is -0.439. The molecule has 0 unspecified atom stereocenters. The van der Waals surface area contributed by atoms with Gasteiger partial charge in [0.1, 0.15) is 0 Å². The Bertz CT molecular complexity index is 672. The van der Waals surface area contributed by atoms with Crippen molar-refractivity contribution >= 4 is 5.91 Å². The quantitative estimate of drug-likeness (QED) is 0.860. The van der Waals surface area contributed by atoms with E-state index in [0.717, 1.165) is 31.5 Å². The molecule has 1 aromatic carbocycles. The molecule has 128 valence electrons. The first-order chi connectivity index (χ1) is 11.4. The fourth-order valence-electron chi connectivity index (χ4n) is 2.98. The zero-order valence-electron chi connectivity index (χ0n) is 13.0. The van der Waals surface area contributed by atoms with E-state index in [4.69, 9.17) is 0 Å². The summed E-state index contributed by atoms with van der Waals surface area (Å²) in [7, 11) is 0. The first-order valence-electron chi connectivity index (χ1n) is 7.87. The van der Waals surface area contributed by atoms with Gasteiger partial charge in [0, 0.05) is 37.6 Å². The Kier molecular flexibility index (Phi) is 4.59. The van der Waals surface area contributed by atoms with E-state index in [1.807, 2.05) is 16.9 Å². The van der Waals surface area contributed by atoms with Crippen molar-refractivity contribution < 1.29 is 18.0 Å². The summed E-state index contributed by atoms with van der Waals surface area (Å²) in [6.07, 6.45) is 1.01. The van der Waals surface area contributed by atoms with Crippen molar-refractivity contribution in [2.24, 2.45) is 5.92 Å². The Morgan fingerprint density at radius 2 is 1.83 bits per heavy atom. The highest BCUT2D eigenvalue weighted by atomic mass is 19.4. The van der Waals surface area contributed by atoms with Crippen LogP contribution in [0.25, 0.3) is 0 Å². The molecule has 0 spiro atoms. The lowest BCUT2D eigenvalue weighted by Crippen LogP contribution is -2.39. The third kappa shape index (κ3) is 3.77. The molecule has 0 saturated carbocycles. The Labute approximate surface area is 137 Å². The average molecular weight is 337 g/mol. The Morgan fingerprint density at radius 3 is 2.38 bits per heavy atom. The van der Waals surface area contributed by atoms with Crippen LogP contribution < -0.4 is 0 Å². The minimum atomic E-state index is -4.38. The maximum Gasteiger partial charge on any atom is 0.416 e. The first-order valence-corrected chi connectivity index (χ1v) is 7.87. The van der Waals surface area contributed by atoms with E-state index < -0.39 is 11.7 Å². The van der Waals surface area contributed by atoms with Gasteiger partial charge < -0.3 is 4.90 Å². The van der Waals surface area contributed by atoms with E-state index >= 15 is 0 Å². The molecule has 1 saturated heterocycles. The highest BCUT2D eigenvalue weighted by Gasteiger charge is 2.30. The molecule has 24 heavy (non-hydrogen) atoms. The summed E-state index contributed by atoms with van der Waals surface area (Å²) in [6.45, 7) is 2.06. The summed E-state index contributed by atoms with van der Waals surface area (Å²) in [6, 6.07) is 6.29. The van der Waals surface area contributed by atoms with Crippen molar-refractivity contribution in [3.05, 3.63) is 53.9 Å². The van der Waals surface area contributed by atoms with Gasteiger partial charge in [-0.15, -0.1) is 0 Å². The van der Waals surface area contributed by atoms with Crippen LogP contribution in [0.5, 0.6) is 0 Å². The Balaban J connectivity index is 1.57. The number of benzene rings is 1. The van der Waals surface area contributed by atoms with E-state index in [-0.39, 0.29) is 5.91 Å². The molecule has 0 atom stereocenters. The predicted molar refractivity (Wildman–Crippen MR) is 82.3 cm³/mol. The van der Waals surface area contributed by atoms with E-state index in [2.05, 4.69) is 5.10 Å². The second-order valence-corrected chi connectivity index (χ2v) is 6.04. The molecule has 1 amide bonds. The number of halogens is 3. The maximum absolute atomic E-state index is 12.6. The molecular weight excluding hydrogens is 319 g/mol. The lowest BCUT2D eigenvalue weighted by molar-refractivity contribution is -0.137. The number of piperidine rings is 1. The highest BCUT2D eigenvalue weighted by molar-refractivity contribution is 5.94. The number of nitrogens with zero attached hydrogens (tertiary/aromatic N) is 3. The van der Waals surface area contributed by atoms with E-state index in [9.17, 15) is 18.0 Å². The number of alkyl halides is 3. The number of rotatable bonds is 3. The fraction of sp³-hybridized carbons (Fsp3) is 0.412. The normalized spacial score (nSPS) is 16.4. The minimum absolute atomic E-state index is 0.207. The number of likely N-dealkylation sites (tertiary alicyclic amines) is 1. The van der Waals surface area contributed by atoms with Gasteiger partial charge in [-0.05, 0) is 49.1 Å². The van der Waals surface area contributed by atoms with Crippen LogP contribution in [0, 0.1) is 5.92 Å². The lowest BCUT2D eigenvalue weighted by atomic mass is 9.96. The molecule has 1 aliphatic heterocycles. The predicted octanol–water partition coefficient (Wildman–Crippen LogP) is 3.45. The van der Waals surface area contributed by atoms with Crippen molar-refractivity contribution in [1.29, 1.82) is 0 Å². The monoisotopic (exact) mass is 337 g/mol. The minimum Gasteiger partial charge on any atom is -0.339 e. The van der Waals surface area contributed by atoms with E-state index in [1.165, 1.54) is 12.1 Å². The maximum atomic E-state index is 12.6. The topological polar surface area (TPSA) is 38.1 Å². The van der Waals surface area contributed by atoms with Crippen molar-refractivity contribution in [3.63, 3.8) is 0 Å². The summed E-state index contributed by atoms with van der Waals surface area (Å²) >= 11 is 0. The van der Waals surface area contributed by atoms with Crippen LogP contribution in [-0.2, 0) is 12.7 Å². The van der Waals surface area contributed by atoms with Crippen LogP contribution in [0.2, 0.25) is 0 Å². The van der Waals surface area contributed by atoms with Crippen LogP contribution in [0.15, 0.2) is 42.7 Å². The SMILES string of the molecule is O=C(c1ccc(C(F)(F)F)cc1)N1CCC(Cn2cccn2)CC1. The summed E-state index contributed by atoms with van der Waals surface area (Å²) in [5, 5.41) is 4.18. The van der Waals surface area contributed by atoms with Gasteiger partial charge in [0.25, 0.3) is 5.91 Å². The molecule has 3 rings (SSSR count). The summed E-state index contributed by atoms with van der Waals surface area (Å²) in [5.74, 6) is 0.253. The molecule has 0 aliphatic carbocycles. The Hall–Kier alpha value is -2.31. The van der Waals surface area contributed by atoms with Crippen LogP contribution in [0.1, 0.15) is 28.8 Å². The van der Waals surface area contributed by atoms with Crippen LogP contribution in [0.4, 0.5) is 13.2 Å². The molecule has 2 aromatic rings. The molecule has 7 heteroatoms. The van der Waals surface area contributed by atoms with Crippen molar-refractivity contribution in [2.75, 3.05) is 13.1 Å². The van der Waals surface area contributed by atoms with Gasteiger partial charge in [-0.25, -0.2) is 0 Å². The van der Waals surface area contributed by atoms with Gasteiger partial charge in [0.15, 0.2) is 0 Å². The molecule has 1 fully saturated rings. The molecule has 4 nitrogen and oxygen atoms in total. The van der Waals surface area contributed by atoms with Crippen molar-refractivity contribution in [3.8, 4) is 0 Å². The van der Waals surface area contributed by atoms with Gasteiger partial charge in [-0.2, -0.15) is 18.3 Å². The standard InChI is InChI=1S/C17H18F3N3O/c18-17(19,20)15-4-2-14(3-5-15)16(24)22-10-6-13(7-11-22)12-23-9-1-8-21-23/h1-5,8-9,13H,6-7,10-12H2.